The van der Waals surface area contributed by atoms with Crippen molar-refractivity contribution in [1.82, 2.24) is 15.0 Å². The zero-order valence-corrected chi connectivity index (χ0v) is 7.76. The van der Waals surface area contributed by atoms with Crippen LogP contribution in [0.25, 0.3) is 5.69 Å². The molecule has 0 unspecified atom stereocenters. The van der Waals surface area contributed by atoms with Crippen LogP contribution in [0.1, 0.15) is 10.5 Å². The van der Waals surface area contributed by atoms with E-state index in [0.29, 0.717) is 6.07 Å². The van der Waals surface area contributed by atoms with E-state index in [1.165, 1.54) is 0 Å². The maximum absolute atomic E-state index is 13.3. The van der Waals surface area contributed by atoms with Crippen LogP contribution in [-0.2, 0) is 0 Å². The largest absolute Gasteiger partial charge is 0.476 e. The van der Waals surface area contributed by atoms with Gasteiger partial charge in [0.25, 0.3) is 0 Å². The lowest BCUT2D eigenvalue weighted by molar-refractivity contribution is 0.0687. The highest BCUT2D eigenvalue weighted by Crippen LogP contribution is 2.15. The minimum Gasteiger partial charge on any atom is -0.476 e. The third kappa shape index (κ3) is 1.62. The van der Waals surface area contributed by atoms with E-state index in [-0.39, 0.29) is 11.4 Å². The third-order valence-electron chi connectivity index (χ3n) is 1.91. The highest BCUT2D eigenvalue weighted by molar-refractivity contribution is 5.85. The van der Waals surface area contributed by atoms with Crippen LogP contribution in [0.15, 0.2) is 24.4 Å². The normalized spacial score (nSPS) is 10.4. The number of carbonyl (C=O) groups is 1. The predicted molar refractivity (Wildman–Crippen MR) is 48.2 cm³/mol. The van der Waals surface area contributed by atoms with Gasteiger partial charge in [0.2, 0.25) is 0 Å². The van der Waals surface area contributed by atoms with Crippen molar-refractivity contribution in [3.8, 4) is 5.69 Å². The number of rotatable bonds is 2. The molecule has 2 aromatic rings. The molecule has 0 aliphatic heterocycles. The molecule has 1 N–H and O–H groups in total. The van der Waals surface area contributed by atoms with Crippen molar-refractivity contribution in [3.63, 3.8) is 0 Å². The van der Waals surface area contributed by atoms with Crippen molar-refractivity contribution < 1.29 is 18.7 Å². The molecule has 82 valence electrons. The Labute approximate surface area is 87.9 Å². The Kier molecular flexibility index (Phi) is 2.35. The lowest BCUT2D eigenvalue weighted by Crippen LogP contribution is -2.09. The summed E-state index contributed by atoms with van der Waals surface area (Å²) in [6.07, 6.45) is 0.977. The molecule has 0 bridgehead atoms. The van der Waals surface area contributed by atoms with Gasteiger partial charge in [0, 0.05) is 6.07 Å². The summed E-state index contributed by atoms with van der Waals surface area (Å²) < 4.78 is 26.8. The Hall–Kier alpha value is -2.31. The van der Waals surface area contributed by atoms with Crippen LogP contribution in [0.3, 0.4) is 0 Å². The van der Waals surface area contributed by atoms with Gasteiger partial charge in [0.15, 0.2) is 11.5 Å². The number of hydrogen-bond acceptors (Lipinski definition) is 3. The van der Waals surface area contributed by atoms with Gasteiger partial charge in [-0.1, -0.05) is 5.21 Å². The van der Waals surface area contributed by atoms with Crippen molar-refractivity contribution in [2.75, 3.05) is 0 Å². The minimum atomic E-state index is -1.30. The van der Waals surface area contributed by atoms with Gasteiger partial charge in [-0.15, -0.1) is 5.10 Å². The summed E-state index contributed by atoms with van der Waals surface area (Å²) in [5.74, 6) is -2.96. The average Bonchev–Trinajstić information content (AvgIpc) is 2.66. The maximum Gasteiger partial charge on any atom is 0.356 e. The molecule has 5 nitrogen and oxygen atoms in total. The quantitative estimate of drug-likeness (QED) is 0.834. The van der Waals surface area contributed by atoms with Crippen molar-refractivity contribution in [2.24, 2.45) is 0 Å². The van der Waals surface area contributed by atoms with Crippen molar-refractivity contribution in [2.45, 2.75) is 0 Å². The zero-order chi connectivity index (χ0) is 11.7. The first kappa shape index (κ1) is 10.2. The lowest BCUT2D eigenvalue weighted by atomic mass is 10.3. The molecule has 0 fully saturated rings. The second-order valence-corrected chi connectivity index (χ2v) is 2.93. The fourth-order valence-electron chi connectivity index (χ4n) is 1.21. The van der Waals surface area contributed by atoms with Crippen molar-refractivity contribution in [1.29, 1.82) is 0 Å². The van der Waals surface area contributed by atoms with Crippen LogP contribution in [-0.4, -0.2) is 26.1 Å². The summed E-state index contributed by atoms with van der Waals surface area (Å²) >= 11 is 0. The van der Waals surface area contributed by atoms with E-state index in [2.05, 4.69) is 10.3 Å². The van der Waals surface area contributed by atoms with E-state index in [1.807, 2.05) is 0 Å². The summed E-state index contributed by atoms with van der Waals surface area (Å²) in [5.41, 5.74) is -0.471. The third-order valence-corrected chi connectivity index (χ3v) is 1.91. The molecule has 0 atom stereocenters. The van der Waals surface area contributed by atoms with Gasteiger partial charge in [-0.25, -0.2) is 18.3 Å². The molecule has 0 spiro atoms. The summed E-state index contributed by atoms with van der Waals surface area (Å²) in [6, 6.07) is 2.74. The standard InChI is InChI=1S/C9H5F2N3O2/c10-5-1-2-7(6(11)3-5)14-8(9(15)16)4-12-13-14/h1-4H,(H,15,16). The number of carboxylic acid groups (broad SMARTS) is 1. The van der Waals surface area contributed by atoms with Gasteiger partial charge < -0.3 is 5.11 Å². The predicted octanol–water partition coefficient (Wildman–Crippen LogP) is 1.24. The summed E-state index contributed by atoms with van der Waals surface area (Å²) in [7, 11) is 0. The molecule has 16 heavy (non-hydrogen) atoms. The first-order valence-corrected chi connectivity index (χ1v) is 4.19. The number of carboxylic acids is 1. The highest BCUT2D eigenvalue weighted by atomic mass is 19.1. The Morgan fingerprint density at radius 3 is 2.75 bits per heavy atom. The summed E-state index contributed by atoms with van der Waals surface area (Å²) in [6.45, 7) is 0. The van der Waals surface area contributed by atoms with Crippen LogP contribution in [0.2, 0.25) is 0 Å². The molecule has 1 aromatic carbocycles. The van der Waals surface area contributed by atoms with Crippen LogP contribution >= 0.6 is 0 Å². The molecular weight excluding hydrogens is 220 g/mol. The van der Waals surface area contributed by atoms with Crippen LogP contribution in [0.4, 0.5) is 8.78 Å². The Morgan fingerprint density at radius 1 is 1.38 bits per heavy atom. The van der Waals surface area contributed by atoms with E-state index in [0.717, 1.165) is 23.0 Å². The first-order valence-electron chi connectivity index (χ1n) is 4.19. The van der Waals surface area contributed by atoms with Gasteiger partial charge in [-0.05, 0) is 12.1 Å². The van der Waals surface area contributed by atoms with Gasteiger partial charge >= 0.3 is 5.97 Å². The number of aromatic carboxylic acids is 1. The first-order chi connectivity index (χ1) is 7.59. The number of benzene rings is 1. The topological polar surface area (TPSA) is 68.0 Å². The van der Waals surface area contributed by atoms with Crippen LogP contribution in [0.5, 0.6) is 0 Å². The van der Waals surface area contributed by atoms with Crippen molar-refractivity contribution in [3.05, 3.63) is 41.7 Å². The summed E-state index contributed by atoms with van der Waals surface area (Å²) in [4.78, 5) is 10.7. The summed E-state index contributed by atoms with van der Waals surface area (Å²) in [5, 5.41) is 15.5. The molecule has 1 heterocycles. The fourth-order valence-corrected chi connectivity index (χ4v) is 1.21. The Balaban J connectivity index is 2.59. The molecule has 0 radical (unpaired) electrons. The molecule has 7 heteroatoms. The monoisotopic (exact) mass is 225 g/mol. The molecule has 0 aliphatic carbocycles. The zero-order valence-electron chi connectivity index (χ0n) is 7.76. The van der Waals surface area contributed by atoms with Crippen molar-refractivity contribution >= 4 is 5.97 Å². The highest BCUT2D eigenvalue weighted by Gasteiger charge is 2.16. The average molecular weight is 225 g/mol. The van der Waals surface area contributed by atoms with E-state index >= 15 is 0 Å². The van der Waals surface area contributed by atoms with Gasteiger partial charge in [-0.3, -0.25) is 0 Å². The number of halogens is 2. The Morgan fingerprint density at radius 2 is 2.12 bits per heavy atom. The molecule has 0 aliphatic rings. The van der Waals surface area contributed by atoms with E-state index in [4.69, 9.17) is 5.11 Å². The van der Waals surface area contributed by atoms with Gasteiger partial charge in [0.05, 0.1) is 6.20 Å². The fraction of sp³-hybridized carbons (Fsp3) is 0. The molecular formula is C9H5F2N3O2. The Bertz CT molecular complexity index is 553. The molecule has 0 saturated heterocycles. The minimum absolute atomic E-state index is 0.170. The lowest BCUT2D eigenvalue weighted by Gasteiger charge is -2.03. The van der Waals surface area contributed by atoms with Crippen LogP contribution < -0.4 is 0 Å². The number of nitrogens with zero attached hydrogens (tertiary/aromatic N) is 3. The number of aromatic nitrogens is 3. The SMILES string of the molecule is O=C(O)c1cnnn1-c1ccc(F)cc1F. The number of hydrogen-bond donors (Lipinski definition) is 1. The second-order valence-electron chi connectivity index (χ2n) is 2.93. The van der Waals surface area contributed by atoms with E-state index in [9.17, 15) is 13.6 Å². The smallest absolute Gasteiger partial charge is 0.356 e. The maximum atomic E-state index is 13.3. The molecule has 0 saturated carbocycles. The molecule has 1 aromatic heterocycles. The van der Waals surface area contributed by atoms with E-state index < -0.39 is 17.6 Å². The van der Waals surface area contributed by atoms with Gasteiger partial charge in [0.1, 0.15) is 11.5 Å². The molecule has 2 rings (SSSR count). The van der Waals surface area contributed by atoms with Gasteiger partial charge in [-0.2, -0.15) is 0 Å². The van der Waals surface area contributed by atoms with E-state index in [1.54, 1.807) is 0 Å². The molecule has 0 amide bonds. The van der Waals surface area contributed by atoms with Crippen LogP contribution in [0, 0.1) is 11.6 Å². The second kappa shape index (κ2) is 3.69.